The molecule has 2 rings (SSSR count). The molecular weight excluding hydrogens is 240 g/mol. The molecule has 1 N–H and O–H groups in total. The third-order valence-corrected chi connectivity index (χ3v) is 2.98. The van der Waals surface area contributed by atoms with E-state index in [1.807, 2.05) is 21.0 Å². The highest BCUT2D eigenvalue weighted by Crippen LogP contribution is 2.14. The molecular formula is C14H20N4O. The number of nitrogens with zero attached hydrogens (tertiary/aromatic N) is 4. The monoisotopic (exact) mass is 260 g/mol. The maximum Gasteiger partial charge on any atom is 0.147 e. The zero-order valence-electron chi connectivity index (χ0n) is 11.7. The van der Waals surface area contributed by atoms with Gasteiger partial charge in [-0.15, -0.1) is 0 Å². The van der Waals surface area contributed by atoms with E-state index < -0.39 is 0 Å². The number of aliphatic hydroxyl groups is 1. The molecule has 2 aromatic rings. The first-order chi connectivity index (χ1) is 9.10. The van der Waals surface area contributed by atoms with Crippen LogP contribution in [-0.4, -0.2) is 40.6 Å². The second kappa shape index (κ2) is 5.84. The lowest BCUT2D eigenvalue weighted by atomic mass is 10.1. The van der Waals surface area contributed by atoms with Gasteiger partial charge in [0.25, 0.3) is 0 Å². The minimum Gasteiger partial charge on any atom is -0.394 e. The maximum atomic E-state index is 9.02. The summed E-state index contributed by atoms with van der Waals surface area (Å²) in [5, 5.41) is 13.3. The Kier molecular flexibility index (Phi) is 4.16. The van der Waals surface area contributed by atoms with Crippen molar-refractivity contribution in [3.8, 4) is 0 Å². The highest BCUT2D eigenvalue weighted by Gasteiger charge is 2.08. The summed E-state index contributed by atoms with van der Waals surface area (Å²) in [6, 6.07) is 8.38. The quantitative estimate of drug-likeness (QED) is 0.878. The van der Waals surface area contributed by atoms with Crippen LogP contribution in [0.2, 0.25) is 0 Å². The van der Waals surface area contributed by atoms with Crippen LogP contribution in [-0.2, 0) is 13.0 Å². The zero-order chi connectivity index (χ0) is 13.8. The van der Waals surface area contributed by atoms with Crippen LogP contribution in [0.1, 0.15) is 17.2 Å². The molecule has 1 aromatic heterocycles. The molecule has 0 aliphatic rings. The molecule has 0 spiro atoms. The largest absolute Gasteiger partial charge is 0.394 e. The third-order valence-electron chi connectivity index (χ3n) is 2.98. The second-order valence-corrected chi connectivity index (χ2v) is 4.76. The van der Waals surface area contributed by atoms with Crippen LogP contribution >= 0.6 is 0 Å². The Labute approximate surface area is 113 Å². The van der Waals surface area contributed by atoms with E-state index in [0.29, 0.717) is 6.54 Å². The summed E-state index contributed by atoms with van der Waals surface area (Å²) in [6.45, 7) is 2.44. The first-order valence-corrected chi connectivity index (χ1v) is 6.37. The maximum absolute atomic E-state index is 9.02. The summed E-state index contributed by atoms with van der Waals surface area (Å²) in [4.78, 5) is 6.48. The van der Waals surface area contributed by atoms with Crippen molar-refractivity contribution >= 4 is 5.69 Å². The molecule has 1 heterocycles. The molecule has 102 valence electrons. The Morgan fingerprint density at radius 3 is 2.47 bits per heavy atom. The Bertz CT molecular complexity index is 531. The lowest BCUT2D eigenvalue weighted by molar-refractivity contribution is 0.267. The minimum absolute atomic E-state index is 0.0787. The molecule has 0 saturated heterocycles. The predicted molar refractivity (Wildman–Crippen MR) is 75.4 cm³/mol. The van der Waals surface area contributed by atoms with Gasteiger partial charge >= 0.3 is 0 Å². The Hall–Kier alpha value is -1.88. The van der Waals surface area contributed by atoms with E-state index in [1.54, 1.807) is 4.68 Å². The standard InChI is InChI=1S/C14H20N4O/c1-11-15-14(18(16-11)8-9-19)10-12-4-6-13(7-5-12)17(2)3/h4-7,19H,8-10H2,1-3H3. The van der Waals surface area contributed by atoms with Crippen molar-refractivity contribution in [2.45, 2.75) is 19.9 Å². The second-order valence-electron chi connectivity index (χ2n) is 4.76. The highest BCUT2D eigenvalue weighted by molar-refractivity contribution is 5.46. The number of aliphatic hydroxyl groups excluding tert-OH is 1. The predicted octanol–water partition coefficient (Wildman–Crippen LogP) is 1.24. The molecule has 0 radical (unpaired) electrons. The molecule has 0 saturated carbocycles. The van der Waals surface area contributed by atoms with E-state index in [0.717, 1.165) is 18.1 Å². The van der Waals surface area contributed by atoms with Crippen molar-refractivity contribution < 1.29 is 5.11 Å². The summed E-state index contributed by atoms with van der Waals surface area (Å²) in [7, 11) is 4.05. The van der Waals surface area contributed by atoms with Crippen LogP contribution in [0.4, 0.5) is 5.69 Å². The molecule has 5 heteroatoms. The van der Waals surface area contributed by atoms with Crippen molar-refractivity contribution in [3.05, 3.63) is 41.5 Å². The number of hydrogen-bond donors (Lipinski definition) is 1. The van der Waals surface area contributed by atoms with Gasteiger partial charge < -0.3 is 10.0 Å². The van der Waals surface area contributed by atoms with Gasteiger partial charge in [-0.2, -0.15) is 5.10 Å². The van der Waals surface area contributed by atoms with E-state index in [9.17, 15) is 0 Å². The summed E-state index contributed by atoms with van der Waals surface area (Å²) < 4.78 is 1.77. The first kappa shape index (κ1) is 13.5. The van der Waals surface area contributed by atoms with Gasteiger partial charge in [-0.1, -0.05) is 12.1 Å². The van der Waals surface area contributed by atoms with Crippen LogP contribution in [0.15, 0.2) is 24.3 Å². The van der Waals surface area contributed by atoms with Gasteiger partial charge in [0.1, 0.15) is 11.6 Å². The van der Waals surface area contributed by atoms with Crippen LogP contribution in [0.3, 0.4) is 0 Å². The van der Waals surface area contributed by atoms with Crippen molar-refractivity contribution in [2.24, 2.45) is 0 Å². The molecule has 0 amide bonds. The molecule has 5 nitrogen and oxygen atoms in total. The average molecular weight is 260 g/mol. The smallest absolute Gasteiger partial charge is 0.147 e. The van der Waals surface area contributed by atoms with Crippen LogP contribution in [0, 0.1) is 6.92 Å². The number of hydrogen-bond acceptors (Lipinski definition) is 4. The lowest BCUT2D eigenvalue weighted by Gasteiger charge is -2.12. The molecule has 0 atom stereocenters. The highest BCUT2D eigenvalue weighted by atomic mass is 16.3. The van der Waals surface area contributed by atoms with Gasteiger partial charge in [0.2, 0.25) is 0 Å². The zero-order valence-corrected chi connectivity index (χ0v) is 11.7. The number of benzene rings is 1. The fourth-order valence-electron chi connectivity index (χ4n) is 2.00. The van der Waals surface area contributed by atoms with Crippen molar-refractivity contribution in [2.75, 3.05) is 25.6 Å². The summed E-state index contributed by atoms with van der Waals surface area (Å²) in [5.41, 5.74) is 2.37. The first-order valence-electron chi connectivity index (χ1n) is 6.37. The van der Waals surface area contributed by atoms with Gasteiger partial charge in [-0.3, -0.25) is 0 Å². The average Bonchev–Trinajstić information content (AvgIpc) is 2.71. The molecule has 0 unspecified atom stereocenters. The van der Waals surface area contributed by atoms with Crippen molar-refractivity contribution in [1.82, 2.24) is 14.8 Å². The number of anilines is 1. The van der Waals surface area contributed by atoms with Gasteiger partial charge in [0, 0.05) is 26.2 Å². The molecule has 0 fully saturated rings. The molecule has 19 heavy (non-hydrogen) atoms. The van der Waals surface area contributed by atoms with Gasteiger partial charge in [0.05, 0.1) is 13.2 Å². The van der Waals surface area contributed by atoms with Crippen molar-refractivity contribution in [1.29, 1.82) is 0 Å². The molecule has 0 bridgehead atoms. The number of rotatable bonds is 5. The van der Waals surface area contributed by atoms with E-state index in [1.165, 1.54) is 11.3 Å². The third kappa shape index (κ3) is 3.32. The summed E-state index contributed by atoms with van der Waals surface area (Å²) >= 11 is 0. The molecule has 1 aromatic carbocycles. The fourth-order valence-corrected chi connectivity index (χ4v) is 2.00. The normalized spacial score (nSPS) is 10.7. The van der Waals surface area contributed by atoms with Crippen LogP contribution < -0.4 is 4.90 Å². The van der Waals surface area contributed by atoms with Crippen LogP contribution in [0.5, 0.6) is 0 Å². The Balaban J connectivity index is 2.16. The van der Waals surface area contributed by atoms with E-state index in [-0.39, 0.29) is 6.61 Å². The lowest BCUT2D eigenvalue weighted by Crippen LogP contribution is -2.10. The van der Waals surface area contributed by atoms with E-state index in [2.05, 4.69) is 39.2 Å². The number of aromatic nitrogens is 3. The van der Waals surface area contributed by atoms with Crippen LogP contribution in [0.25, 0.3) is 0 Å². The fraction of sp³-hybridized carbons (Fsp3) is 0.429. The number of aryl methyl sites for hydroxylation is 1. The SMILES string of the molecule is Cc1nc(Cc2ccc(N(C)C)cc2)n(CCO)n1. The molecule has 0 aliphatic heterocycles. The van der Waals surface area contributed by atoms with Gasteiger partial charge in [0.15, 0.2) is 0 Å². The Morgan fingerprint density at radius 2 is 1.89 bits per heavy atom. The topological polar surface area (TPSA) is 54.2 Å². The van der Waals surface area contributed by atoms with E-state index >= 15 is 0 Å². The molecule has 0 aliphatic carbocycles. The summed E-state index contributed by atoms with van der Waals surface area (Å²) in [5.74, 6) is 1.64. The van der Waals surface area contributed by atoms with Gasteiger partial charge in [-0.25, -0.2) is 9.67 Å². The Morgan fingerprint density at radius 1 is 1.21 bits per heavy atom. The van der Waals surface area contributed by atoms with Crippen molar-refractivity contribution in [3.63, 3.8) is 0 Å². The van der Waals surface area contributed by atoms with E-state index in [4.69, 9.17) is 5.11 Å². The van der Waals surface area contributed by atoms with Gasteiger partial charge in [-0.05, 0) is 24.6 Å². The minimum atomic E-state index is 0.0787. The summed E-state index contributed by atoms with van der Waals surface area (Å²) in [6.07, 6.45) is 0.731.